The predicted molar refractivity (Wildman–Crippen MR) is 59.2 cm³/mol. The first-order valence-corrected chi connectivity index (χ1v) is 5.61. The molecule has 1 saturated heterocycles. The molecule has 0 spiro atoms. The van der Waals surface area contributed by atoms with E-state index in [-0.39, 0.29) is 12.5 Å². The van der Waals surface area contributed by atoms with Crippen LogP contribution in [0.15, 0.2) is 24.5 Å². The molecule has 2 unspecified atom stereocenters. The first kappa shape index (κ1) is 11.4. The number of aromatic nitrogens is 1. The maximum absolute atomic E-state index is 9.31. The van der Waals surface area contributed by atoms with Gasteiger partial charge in [-0.2, -0.15) is 0 Å². The van der Waals surface area contributed by atoms with Gasteiger partial charge in [0.15, 0.2) is 0 Å². The zero-order valence-electron chi connectivity index (χ0n) is 9.21. The third-order valence-electron chi connectivity index (χ3n) is 2.96. The summed E-state index contributed by atoms with van der Waals surface area (Å²) in [4.78, 5) is 3.97. The lowest BCUT2D eigenvalue weighted by molar-refractivity contribution is 0.102. The number of rotatable bonds is 5. The summed E-state index contributed by atoms with van der Waals surface area (Å²) in [6.07, 6.45) is 4.41. The summed E-state index contributed by atoms with van der Waals surface area (Å²) in [5.41, 5.74) is 0. The smallest absolute Gasteiger partial charge is 0.137 e. The standard InChI is InChI=1S/C12H17NO3/c14-7-11(10-3-5-15-8-10)9-16-12-2-1-4-13-6-12/h1-2,4,6,10-11,14H,3,5,7-9H2. The van der Waals surface area contributed by atoms with Gasteiger partial charge in [-0.25, -0.2) is 0 Å². The van der Waals surface area contributed by atoms with Crippen molar-refractivity contribution in [2.75, 3.05) is 26.4 Å². The first-order valence-electron chi connectivity index (χ1n) is 5.61. The predicted octanol–water partition coefficient (Wildman–Crippen LogP) is 1.11. The molecule has 0 amide bonds. The minimum Gasteiger partial charge on any atom is -0.492 e. The fraction of sp³-hybridized carbons (Fsp3) is 0.583. The van der Waals surface area contributed by atoms with Crippen LogP contribution in [0.5, 0.6) is 5.75 Å². The molecule has 88 valence electrons. The summed E-state index contributed by atoms with van der Waals surface area (Å²) in [6, 6.07) is 3.70. The van der Waals surface area contributed by atoms with Crippen LogP contribution in [-0.4, -0.2) is 36.5 Å². The summed E-state index contributed by atoms with van der Waals surface area (Å²) < 4.78 is 10.9. The van der Waals surface area contributed by atoms with Crippen molar-refractivity contribution < 1.29 is 14.6 Å². The number of hydrogen-bond donors (Lipinski definition) is 1. The monoisotopic (exact) mass is 223 g/mol. The van der Waals surface area contributed by atoms with Crippen LogP contribution in [-0.2, 0) is 4.74 Å². The zero-order valence-corrected chi connectivity index (χ0v) is 9.21. The Morgan fingerprint density at radius 1 is 1.62 bits per heavy atom. The van der Waals surface area contributed by atoms with Crippen LogP contribution in [0.3, 0.4) is 0 Å². The third kappa shape index (κ3) is 2.93. The van der Waals surface area contributed by atoms with Crippen LogP contribution in [0.2, 0.25) is 0 Å². The van der Waals surface area contributed by atoms with E-state index in [9.17, 15) is 5.11 Å². The molecular formula is C12H17NO3. The van der Waals surface area contributed by atoms with Gasteiger partial charge >= 0.3 is 0 Å². The second-order valence-corrected chi connectivity index (χ2v) is 4.07. The maximum Gasteiger partial charge on any atom is 0.137 e. The molecule has 1 aromatic rings. The highest BCUT2D eigenvalue weighted by Crippen LogP contribution is 2.22. The summed E-state index contributed by atoms with van der Waals surface area (Å²) >= 11 is 0. The van der Waals surface area contributed by atoms with E-state index in [0.29, 0.717) is 12.5 Å². The van der Waals surface area contributed by atoms with Crippen molar-refractivity contribution in [3.8, 4) is 5.75 Å². The van der Waals surface area contributed by atoms with Gasteiger partial charge < -0.3 is 14.6 Å². The summed E-state index contributed by atoms with van der Waals surface area (Å²) in [5.74, 6) is 1.32. The summed E-state index contributed by atoms with van der Waals surface area (Å²) in [7, 11) is 0. The molecule has 1 N–H and O–H groups in total. The van der Waals surface area contributed by atoms with Gasteiger partial charge in [0.05, 0.1) is 12.8 Å². The molecule has 0 bridgehead atoms. The zero-order chi connectivity index (χ0) is 11.2. The minimum atomic E-state index is 0.147. The number of ether oxygens (including phenoxy) is 2. The van der Waals surface area contributed by atoms with E-state index in [4.69, 9.17) is 9.47 Å². The molecule has 4 heteroatoms. The van der Waals surface area contributed by atoms with E-state index in [1.54, 1.807) is 12.4 Å². The van der Waals surface area contributed by atoms with Gasteiger partial charge in [-0.1, -0.05) is 0 Å². The fourth-order valence-electron chi connectivity index (χ4n) is 1.90. The second kappa shape index (κ2) is 5.82. The number of hydrogen-bond acceptors (Lipinski definition) is 4. The van der Waals surface area contributed by atoms with Gasteiger partial charge in [0.25, 0.3) is 0 Å². The van der Waals surface area contributed by atoms with Crippen molar-refractivity contribution in [1.82, 2.24) is 4.98 Å². The lowest BCUT2D eigenvalue weighted by Crippen LogP contribution is -2.25. The van der Waals surface area contributed by atoms with Gasteiger partial charge in [0, 0.05) is 31.9 Å². The molecule has 2 rings (SSSR count). The molecule has 1 aliphatic heterocycles. The SMILES string of the molecule is OCC(COc1cccnc1)C1CCOC1. The van der Waals surface area contributed by atoms with Gasteiger partial charge in [0.1, 0.15) is 5.75 Å². The van der Waals surface area contributed by atoms with Crippen LogP contribution < -0.4 is 4.74 Å². The van der Waals surface area contributed by atoms with Gasteiger partial charge in [0.2, 0.25) is 0 Å². The molecular weight excluding hydrogens is 206 g/mol. The van der Waals surface area contributed by atoms with Crippen molar-refractivity contribution in [2.45, 2.75) is 6.42 Å². The molecule has 0 radical (unpaired) electrons. The van der Waals surface area contributed by atoms with E-state index < -0.39 is 0 Å². The molecule has 4 nitrogen and oxygen atoms in total. The third-order valence-corrected chi connectivity index (χ3v) is 2.96. The lowest BCUT2D eigenvalue weighted by atomic mass is 9.93. The summed E-state index contributed by atoms with van der Waals surface area (Å²) in [6.45, 7) is 2.21. The molecule has 0 aromatic carbocycles. The highest BCUT2D eigenvalue weighted by molar-refractivity contribution is 5.15. The lowest BCUT2D eigenvalue weighted by Gasteiger charge is -2.20. The molecule has 1 aliphatic rings. The molecule has 2 atom stereocenters. The number of aliphatic hydroxyl groups excluding tert-OH is 1. The normalized spacial score (nSPS) is 21.9. The highest BCUT2D eigenvalue weighted by Gasteiger charge is 2.25. The van der Waals surface area contributed by atoms with Gasteiger partial charge in [-0.3, -0.25) is 4.98 Å². The van der Waals surface area contributed by atoms with E-state index >= 15 is 0 Å². The van der Waals surface area contributed by atoms with Crippen LogP contribution in [0.1, 0.15) is 6.42 Å². The number of aliphatic hydroxyl groups is 1. The Hall–Kier alpha value is -1.13. The highest BCUT2D eigenvalue weighted by atomic mass is 16.5. The molecule has 0 aliphatic carbocycles. The van der Waals surface area contributed by atoms with Gasteiger partial charge in [-0.15, -0.1) is 0 Å². The summed E-state index contributed by atoms with van der Waals surface area (Å²) in [5, 5.41) is 9.31. The van der Waals surface area contributed by atoms with Crippen molar-refractivity contribution in [1.29, 1.82) is 0 Å². The van der Waals surface area contributed by atoms with Crippen molar-refractivity contribution in [3.05, 3.63) is 24.5 Å². The largest absolute Gasteiger partial charge is 0.492 e. The number of pyridine rings is 1. The van der Waals surface area contributed by atoms with Crippen LogP contribution in [0.25, 0.3) is 0 Å². The average Bonchev–Trinajstić information content (AvgIpc) is 2.85. The van der Waals surface area contributed by atoms with Crippen LogP contribution in [0.4, 0.5) is 0 Å². The Morgan fingerprint density at radius 2 is 2.56 bits per heavy atom. The van der Waals surface area contributed by atoms with Crippen LogP contribution in [0, 0.1) is 11.8 Å². The van der Waals surface area contributed by atoms with Gasteiger partial charge in [-0.05, 0) is 24.5 Å². The quantitative estimate of drug-likeness (QED) is 0.812. The van der Waals surface area contributed by atoms with Crippen molar-refractivity contribution in [2.24, 2.45) is 11.8 Å². The second-order valence-electron chi connectivity index (χ2n) is 4.07. The molecule has 0 saturated carbocycles. The number of nitrogens with zero attached hydrogens (tertiary/aromatic N) is 1. The van der Waals surface area contributed by atoms with E-state index in [1.807, 2.05) is 12.1 Å². The Morgan fingerprint density at radius 3 is 3.19 bits per heavy atom. The Labute approximate surface area is 95.2 Å². The first-order chi connectivity index (χ1) is 7.90. The molecule has 2 heterocycles. The maximum atomic E-state index is 9.31. The van der Waals surface area contributed by atoms with E-state index in [0.717, 1.165) is 25.4 Å². The Kier molecular flexibility index (Phi) is 4.13. The van der Waals surface area contributed by atoms with E-state index in [2.05, 4.69) is 4.98 Å². The Bertz CT molecular complexity index is 298. The fourth-order valence-corrected chi connectivity index (χ4v) is 1.90. The average molecular weight is 223 g/mol. The van der Waals surface area contributed by atoms with Crippen molar-refractivity contribution in [3.63, 3.8) is 0 Å². The minimum absolute atomic E-state index is 0.147. The molecule has 16 heavy (non-hydrogen) atoms. The molecule has 1 fully saturated rings. The molecule has 1 aromatic heterocycles. The topological polar surface area (TPSA) is 51.6 Å². The van der Waals surface area contributed by atoms with E-state index in [1.165, 1.54) is 0 Å². The van der Waals surface area contributed by atoms with Crippen LogP contribution >= 0.6 is 0 Å². The van der Waals surface area contributed by atoms with Crippen molar-refractivity contribution >= 4 is 0 Å². The Balaban J connectivity index is 1.83.